The van der Waals surface area contributed by atoms with Crippen LogP contribution < -0.4 is 10.1 Å². The smallest absolute Gasteiger partial charge is 0.118 e. The molecule has 2 aromatic rings. The van der Waals surface area contributed by atoms with Crippen molar-refractivity contribution in [1.82, 2.24) is 5.32 Å². The first-order chi connectivity index (χ1) is 10.0. The summed E-state index contributed by atoms with van der Waals surface area (Å²) in [5.41, 5.74) is 1.97. The van der Waals surface area contributed by atoms with Crippen molar-refractivity contribution in [3.63, 3.8) is 0 Å². The fourth-order valence-corrected chi connectivity index (χ4v) is 2.68. The summed E-state index contributed by atoms with van der Waals surface area (Å²) in [5.74, 6) is 0.840. The molecule has 1 N–H and O–H groups in total. The van der Waals surface area contributed by atoms with E-state index in [0.29, 0.717) is 21.6 Å². The fourth-order valence-electron chi connectivity index (χ4n) is 2.00. The van der Waals surface area contributed by atoms with Crippen LogP contribution in [0, 0.1) is 0 Å². The molecule has 2 aromatic carbocycles. The molecule has 21 heavy (non-hydrogen) atoms. The van der Waals surface area contributed by atoms with Gasteiger partial charge in [0.05, 0.1) is 17.2 Å². The van der Waals surface area contributed by atoms with Crippen molar-refractivity contribution in [3.05, 3.63) is 62.6 Å². The molecule has 0 aliphatic rings. The van der Waals surface area contributed by atoms with E-state index in [9.17, 15) is 0 Å². The van der Waals surface area contributed by atoms with Gasteiger partial charge in [0.15, 0.2) is 0 Å². The SMILES string of the molecule is COc1ccc(C(C)NCc2c(Cl)ccc(Cl)c2Cl)cc1. The summed E-state index contributed by atoms with van der Waals surface area (Å²) < 4.78 is 5.15. The molecule has 0 spiro atoms. The summed E-state index contributed by atoms with van der Waals surface area (Å²) in [6, 6.07) is 11.5. The highest BCUT2D eigenvalue weighted by molar-refractivity contribution is 6.44. The number of halogens is 3. The molecule has 0 aromatic heterocycles. The van der Waals surface area contributed by atoms with Crippen LogP contribution in [0.5, 0.6) is 5.75 Å². The molecule has 5 heteroatoms. The maximum Gasteiger partial charge on any atom is 0.118 e. The molecule has 0 bridgehead atoms. The van der Waals surface area contributed by atoms with E-state index in [0.717, 1.165) is 16.9 Å². The number of hydrogen-bond donors (Lipinski definition) is 1. The molecule has 0 saturated carbocycles. The molecular formula is C16H16Cl3NO. The molecule has 0 aliphatic heterocycles. The van der Waals surface area contributed by atoms with Crippen LogP contribution in [0.4, 0.5) is 0 Å². The predicted octanol–water partition coefficient (Wildman–Crippen LogP) is 5.51. The van der Waals surface area contributed by atoms with Crippen molar-refractivity contribution in [2.45, 2.75) is 19.5 Å². The van der Waals surface area contributed by atoms with Gasteiger partial charge in [-0.1, -0.05) is 46.9 Å². The van der Waals surface area contributed by atoms with E-state index in [2.05, 4.69) is 12.2 Å². The van der Waals surface area contributed by atoms with E-state index >= 15 is 0 Å². The molecule has 0 amide bonds. The standard InChI is InChI=1S/C16H16Cl3NO/c1-10(11-3-5-12(21-2)6-4-11)20-9-13-14(17)7-8-15(18)16(13)19/h3-8,10,20H,9H2,1-2H3. The van der Waals surface area contributed by atoms with Crippen molar-refractivity contribution in [2.24, 2.45) is 0 Å². The number of rotatable bonds is 5. The second kappa shape index (κ2) is 7.37. The predicted molar refractivity (Wildman–Crippen MR) is 89.7 cm³/mol. The van der Waals surface area contributed by atoms with Crippen LogP contribution in [-0.4, -0.2) is 7.11 Å². The molecule has 0 saturated heterocycles. The zero-order valence-corrected chi connectivity index (χ0v) is 14.1. The minimum Gasteiger partial charge on any atom is -0.497 e. The molecule has 2 rings (SSSR count). The third-order valence-corrected chi connectivity index (χ3v) is 4.54. The fraction of sp³-hybridized carbons (Fsp3) is 0.250. The van der Waals surface area contributed by atoms with Crippen molar-refractivity contribution >= 4 is 34.8 Å². The maximum atomic E-state index is 6.19. The van der Waals surface area contributed by atoms with Gasteiger partial charge in [0.2, 0.25) is 0 Å². The largest absolute Gasteiger partial charge is 0.497 e. The average Bonchev–Trinajstić information content (AvgIpc) is 2.51. The molecule has 0 aliphatic carbocycles. The Morgan fingerprint density at radius 3 is 2.24 bits per heavy atom. The quantitative estimate of drug-likeness (QED) is 0.722. The van der Waals surface area contributed by atoms with Crippen molar-refractivity contribution in [1.29, 1.82) is 0 Å². The van der Waals surface area contributed by atoms with E-state index < -0.39 is 0 Å². The van der Waals surface area contributed by atoms with Gasteiger partial charge in [-0.15, -0.1) is 0 Å². The van der Waals surface area contributed by atoms with Crippen LogP contribution in [-0.2, 0) is 6.54 Å². The van der Waals surface area contributed by atoms with Gasteiger partial charge in [-0.2, -0.15) is 0 Å². The zero-order valence-electron chi connectivity index (χ0n) is 11.8. The minimum atomic E-state index is 0.155. The Balaban J connectivity index is 2.07. The van der Waals surface area contributed by atoms with Gasteiger partial charge in [-0.05, 0) is 36.8 Å². The van der Waals surface area contributed by atoms with E-state index in [4.69, 9.17) is 39.5 Å². The van der Waals surface area contributed by atoms with Gasteiger partial charge in [0.1, 0.15) is 5.75 Å². The summed E-state index contributed by atoms with van der Waals surface area (Å²) in [6.07, 6.45) is 0. The van der Waals surface area contributed by atoms with Gasteiger partial charge < -0.3 is 10.1 Å². The zero-order chi connectivity index (χ0) is 15.4. The summed E-state index contributed by atoms with van der Waals surface area (Å²) in [5, 5.41) is 5.01. The summed E-state index contributed by atoms with van der Waals surface area (Å²) in [7, 11) is 1.65. The topological polar surface area (TPSA) is 21.3 Å². The van der Waals surface area contributed by atoms with E-state index in [1.165, 1.54) is 0 Å². The van der Waals surface area contributed by atoms with Crippen LogP contribution in [0.25, 0.3) is 0 Å². The lowest BCUT2D eigenvalue weighted by atomic mass is 10.1. The lowest BCUT2D eigenvalue weighted by Crippen LogP contribution is -2.18. The first-order valence-corrected chi connectivity index (χ1v) is 7.66. The summed E-state index contributed by atoms with van der Waals surface area (Å²) in [6.45, 7) is 2.62. The highest BCUT2D eigenvalue weighted by atomic mass is 35.5. The Labute approximate surface area is 140 Å². The Hall–Kier alpha value is -0.930. The maximum absolute atomic E-state index is 6.19. The molecule has 1 atom stereocenters. The Bertz CT molecular complexity index is 614. The van der Waals surface area contributed by atoms with E-state index in [1.54, 1.807) is 19.2 Å². The van der Waals surface area contributed by atoms with Crippen LogP contribution in [0.1, 0.15) is 24.1 Å². The van der Waals surface area contributed by atoms with Gasteiger partial charge >= 0.3 is 0 Å². The molecule has 0 fully saturated rings. The third kappa shape index (κ3) is 4.04. The summed E-state index contributed by atoms with van der Waals surface area (Å²) >= 11 is 18.4. The highest BCUT2D eigenvalue weighted by Crippen LogP contribution is 2.31. The molecule has 112 valence electrons. The Morgan fingerprint density at radius 1 is 1.00 bits per heavy atom. The van der Waals surface area contributed by atoms with Gasteiger partial charge in [0.25, 0.3) is 0 Å². The Morgan fingerprint density at radius 2 is 1.62 bits per heavy atom. The van der Waals surface area contributed by atoms with Gasteiger partial charge in [-0.25, -0.2) is 0 Å². The number of hydrogen-bond acceptors (Lipinski definition) is 2. The van der Waals surface area contributed by atoms with Crippen molar-refractivity contribution in [2.75, 3.05) is 7.11 Å². The van der Waals surface area contributed by atoms with Gasteiger partial charge in [-0.3, -0.25) is 0 Å². The van der Waals surface area contributed by atoms with Crippen LogP contribution in [0.3, 0.4) is 0 Å². The molecule has 0 heterocycles. The van der Waals surface area contributed by atoms with Gasteiger partial charge in [0, 0.05) is 23.2 Å². The second-order valence-electron chi connectivity index (χ2n) is 4.70. The highest BCUT2D eigenvalue weighted by Gasteiger charge is 2.11. The lowest BCUT2D eigenvalue weighted by Gasteiger charge is -2.16. The van der Waals surface area contributed by atoms with E-state index in [1.807, 2.05) is 24.3 Å². The first-order valence-electron chi connectivity index (χ1n) is 6.52. The second-order valence-corrected chi connectivity index (χ2v) is 5.89. The van der Waals surface area contributed by atoms with Crippen LogP contribution in [0.15, 0.2) is 36.4 Å². The van der Waals surface area contributed by atoms with Crippen LogP contribution in [0.2, 0.25) is 15.1 Å². The number of benzene rings is 2. The minimum absolute atomic E-state index is 0.155. The normalized spacial score (nSPS) is 12.2. The molecular weight excluding hydrogens is 329 g/mol. The molecule has 2 nitrogen and oxygen atoms in total. The van der Waals surface area contributed by atoms with Crippen molar-refractivity contribution in [3.8, 4) is 5.75 Å². The van der Waals surface area contributed by atoms with Crippen LogP contribution >= 0.6 is 34.8 Å². The number of nitrogens with one attached hydrogen (secondary N) is 1. The number of methoxy groups -OCH3 is 1. The lowest BCUT2D eigenvalue weighted by molar-refractivity contribution is 0.414. The monoisotopic (exact) mass is 343 g/mol. The van der Waals surface area contributed by atoms with Crippen molar-refractivity contribution < 1.29 is 4.74 Å². The average molecular weight is 345 g/mol. The Kier molecular flexibility index (Phi) is 5.77. The van der Waals surface area contributed by atoms with E-state index in [-0.39, 0.29) is 6.04 Å². The third-order valence-electron chi connectivity index (χ3n) is 3.34. The summed E-state index contributed by atoms with van der Waals surface area (Å²) in [4.78, 5) is 0. The molecule has 0 radical (unpaired) electrons. The molecule has 1 unspecified atom stereocenters. The first kappa shape index (κ1) is 16.4. The number of ether oxygens (including phenoxy) is 1.